The molecule has 1 saturated carbocycles. The first-order valence-corrected chi connectivity index (χ1v) is 11.1. The predicted molar refractivity (Wildman–Crippen MR) is 117 cm³/mol. The van der Waals surface area contributed by atoms with Gasteiger partial charge in [-0.1, -0.05) is 44.4 Å². The Morgan fingerprint density at radius 1 is 1.21 bits per heavy atom. The third-order valence-corrected chi connectivity index (χ3v) is 6.26. The van der Waals surface area contributed by atoms with Gasteiger partial charge >= 0.3 is 0 Å². The fourth-order valence-electron chi connectivity index (χ4n) is 3.34. The van der Waals surface area contributed by atoms with Crippen LogP contribution in [0.25, 0.3) is 0 Å². The Bertz CT molecular complexity index is 752. The van der Waals surface area contributed by atoms with E-state index in [-0.39, 0.29) is 0 Å². The first-order chi connectivity index (χ1) is 13.6. The Labute approximate surface area is 172 Å². The van der Waals surface area contributed by atoms with Crippen molar-refractivity contribution in [2.45, 2.75) is 68.7 Å². The lowest BCUT2D eigenvalue weighted by molar-refractivity contribution is 0.409. The van der Waals surface area contributed by atoms with Gasteiger partial charge in [-0.25, -0.2) is 4.99 Å². The van der Waals surface area contributed by atoms with Crippen molar-refractivity contribution in [3.63, 3.8) is 0 Å². The molecule has 1 fully saturated rings. The maximum absolute atomic E-state index is 4.80. The Hall–Kier alpha value is -2.02. The van der Waals surface area contributed by atoms with Crippen LogP contribution in [0.5, 0.6) is 0 Å². The third-order valence-electron chi connectivity index (χ3n) is 5.14. The number of rotatable bonds is 7. The molecule has 0 aliphatic heterocycles. The first-order valence-electron chi connectivity index (χ1n) is 10.2. The first kappa shape index (κ1) is 20.7. The number of nitrogens with one attached hydrogen (secondary N) is 2. The molecule has 1 aliphatic rings. The SMILES string of the molecule is Cc1nnc(CN=C(NCC(C)Sc2ccccc2)NC2CCCCC2)n1C. The van der Waals surface area contributed by atoms with Crippen LogP contribution in [-0.2, 0) is 13.6 Å². The highest BCUT2D eigenvalue weighted by molar-refractivity contribution is 8.00. The van der Waals surface area contributed by atoms with Crippen molar-refractivity contribution in [2.24, 2.45) is 12.0 Å². The molecule has 0 spiro atoms. The molecule has 2 N–H and O–H groups in total. The number of hydrogen-bond donors (Lipinski definition) is 2. The number of benzene rings is 1. The van der Waals surface area contributed by atoms with Gasteiger partial charge in [0, 0.05) is 29.8 Å². The van der Waals surface area contributed by atoms with Gasteiger partial charge < -0.3 is 15.2 Å². The van der Waals surface area contributed by atoms with Gasteiger partial charge in [0.05, 0.1) is 0 Å². The number of aliphatic imine (C=N–C) groups is 1. The van der Waals surface area contributed by atoms with E-state index >= 15 is 0 Å². The van der Waals surface area contributed by atoms with Crippen LogP contribution < -0.4 is 10.6 Å². The van der Waals surface area contributed by atoms with E-state index in [0.717, 1.165) is 24.2 Å². The van der Waals surface area contributed by atoms with Gasteiger partial charge in [-0.2, -0.15) is 0 Å². The summed E-state index contributed by atoms with van der Waals surface area (Å²) in [6, 6.07) is 11.1. The molecule has 0 bridgehead atoms. The third kappa shape index (κ3) is 6.26. The summed E-state index contributed by atoms with van der Waals surface area (Å²) in [7, 11) is 1.99. The second kappa shape index (κ2) is 10.5. The Kier molecular flexibility index (Phi) is 7.77. The van der Waals surface area contributed by atoms with Crippen LogP contribution in [0.3, 0.4) is 0 Å². The zero-order chi connectivity index (χ0) is 19.8. The maximum atomic E-state index is 4.80. The largest absolute Gasteiger partial charge is 0.355 e. The van der Waals surface area contributed by atoms with Crippen molar-refractivity contribution < 1.29 is 0 Å². The molecule has 28 heavy (non-hydrogen) atoms. The topological polar surface area (TPSA) is 67.1 Å². The summed E-state index contributed by atoms with van der Waals surface area (Å²) in [5, 5.41) is 16.0. The number of hydrogen-bond acceptors (Lipinski definition) is 4. The zero-order valence-electron chi connectivity index (χ0n) is 17.2. The number of nitrogens with zero attached hydrogens (tertiary/aromatic N) is 4. The molecule has 152 valence electrons. The zero-order valence-corrected chi connectivity index (χ0v) is 18.0. The lowest BCUT2D eigenvalue weighted by Crippen LogP contribution is -2.45. The second-order valence-corrected chi connectivity index (χ2v) is 9.00. The van der Waals surface area contributed by atoms with E-state index in [4.69, 9.17) is 4.99 Å². The van der Waals surface area contributed by atoms with Crippen LogP contribution in [0.1, 0.15) is 50.7 Å². The minimum Gasteiger partial charge on any atom is -0.355 e. The van der Waals surface area contributed by atoms with Gasteiger partial charge in [0.15, 0.2) is 11.8 Å². The predicted octanol–water partition coefficient (Wildman–Crippen LogP) is 3.67. The molecule has 0 saturated heterocycles. The van der Waals surface area contributed by atoms with Gasteiger partial charge in [-0.05, 0) is 31.9 Å². The molecule has 7 heteroatoms. The Balaban J connectivity index is 1.59. The van der Waals surface area contributed by atoms with Gasteiger partial charge in [0.2, 0.25) is 0 Å². The van der Waals surface area contributed by atoms with Crippen LogP contribution in [0.2, 0.25) is 0 Å². The highest BCUT2D eigenvalue weighted by Gasteiger charge is 2.16. The van der Waals surface area contributed by atoms with E-state index < -0.39 is 0 Å². The van der Waals surface area contributed by atoms with Gasteiger partial charge in [-0.15, -0.1) is 22.0 Å². The molecular formula is C21H32N6S. The van der Waals surface area contributed by atoms with Crippen molar-refractivity contribution in [1.82, 2.24) is 25.4 Å². The number of thioether (sulfide) groups is 1. The van der Waals surface area contributed by atoms with Crippen molar-refractivity contribution >= 4 is 17.7 Å². The van der Waals surface area contributed by atoms with Crippen molar-refractivity contribution in [3.8, 4) is 0 Å². The van der Waals surface area contributed by atoms with E-state index in [1.807, 2.05) is 30.3 Å². The maximum Gasteiger partial charge on any atom is 0.191 e. The average molecular weight is 401 g/mol. The lowest BCUT2D eigenvalue weighted by atomic mass is 9.96. The van der Waals surface area contributed by atoms with E-state index in [1.165, 1.54) is 37.0 Å². The van der Waals surface area contributed by atoms with E-state index in [2.05, 4.69) is 58.1 Å². The fourth-order valence-corrected chi connectivity index (χ4v) is 4.29. The van der Waals surface area contributed by atoms with Crippen LogP contribution >= 0.6 is 11.8 Å². The highest BCUT2D eigenvalue weighted by atomic mass is 32.2. The summed E-state index contributed by atoms with van der Waals surface area (Å²) in [6.45, 7) is 5.59. The Morgan fingerprint density at radius 3 is 2.64 bits per heavy atom. The van der Waals surface area contributed by atoms with E-state index in [0.29, 0.717) is 17.8 Å². The Morgan fingerprint density at radius 2 is 1.96 bits per heavy atom. The molecule has 1 unspecified atom stereocenters. The minimum atomic E-state index is 0.442. The molecule has 1 heterocycles. The van der Waals surface area contributed by atoms with Crippen LogP contribution in [0, 0.1) is 6.92 Å². The minimum absolute atomic E-state index is 0.442. The van der Waals surface area contributed by atoms with Crippen molar-refractivity contribution in [3.05, 3.63) is 42.0 Å². The smallest absolute Gasteiger partial charge is 0.191 e. The highest BCUT2D eigenvalue weighted by Crippen LogP contribution is 2.22. The molecule has 1 aliphatic carbocycles. The van der Waals surface area contributed by atoms with Gasteiger partial charge in [-0.3, -0.25) is 0 Å². The quantitative estimate of drug-likeness (QED) is 0.422. The molecule has 3 rings (SSSR count). The number of guanidine groups is 1. The second-order valence-electron chi connectivity index (χ2n) is 7.49. The molecule has 1 aromatic carbocycles. The van der Waals surface area contributed by atoms with Crippen LogP contribution in [0.15, 0.2) is 40.2 Å². The van der Waals surface area contributed by atoms with E-state index in [9.17, 15) is 0 Å². The van der Waals surface area contributed by atoms with Crippen molar-refractivity contribution in [1.29, 1.82) is 0 Å². The molecule has 6 nitrogen and oxygen atoms in total. The van der Waals surface area contributed by atoms with Gasteiger partial charge in [0.1, 0.15) is 12.4 Å². The molecule has 2 aromatic rings. The summed E-state index contributed by atoms with van der Waals surface area (Å²) < 4.78 is 2.00. The number of aryl methyl sites for hydroxylation is 1. The molecule has 1 atom stereocenters. The fraction of sp³-hybridized carbons (Fsp3) is 0.571. The molecule has 1 aromatic heterocycles. The molecular weight excluding hydrogens is 368 g/mol. The standard InChI is InChI=1S/C21H32N6S/c1-16(28-19-12-8-5-9-13-19)14-22-21(24-18-10-6-4-7-11-18)23-15-20-26-25-17(2)27(20)3/h5,8-9,12-13,16,18H,4,6-7,10-11,14-15H2,1-3H3,(H2,22,23,24). The van der Waals surface area contributed by atoms with Crippen LogP contribution in [-0.4, -0.2) is 38.6 Å². The van der Waals surface area contributed by atoms with Crippen molar-refractivity contribution in [2.75, 3.05) is 6.54 Å². The normalized spacial score (nSPS) is 16.8. The summed E-state index contributed by atoms with van der Waals surface area (Å²) in [5.74, 6) is 2.68. The molecule has 0 radical (unpaired) electrons. The van der Waals surface area contributed by atoms with Crippen LogP contribution in [0.4, 0.5) is 0 Å². The summed E-state index contributed by atoms with van der Waals surface area (Å²) in [5.41, 5.74) is 0. The number of aromatic nitrogens is 3. The summed E-state index contributed by atoms with van der Waals surface area (Å²) >= 11 is 1.88. The molecule has 0 amide bonds. The van der Waals surface area contributed by atoms with Gasteiger partial charge in [0.25, 0.3) is 0 Å². The van der Waals surface area contributed by atoms with E-state index in [1.54, 1.807) is 0 Å². The average Bonchev–Trinajstić information content (AvgIpc) is 3.03. The monoisotopic (exact) mass is 400 g/mol. The summed E-state index contributed by atoms with van der Waals surface area (Å²) in [6.07, 6.45) is 6.39. The summed E-state index contributed by atoms with van der Waals surface area (Å²) in [4.78, 5) is 6.10. The lowest BCUT2D eigenvalue weighted by Gasteiger charge is -2.25.